The molecule has 2 aliphatic rings. The lowest BCUT2D eigenvalue weighted by Crippen LogP contribution is -2.50. The van der Waals surface area contributed by atoms with E-state index in [1.165, 1.54) is 58.4 Å². The molecule has 0 radical (unpaired) electrons. The van der Waals surface area contributed by atoms with Gasteiger partial charge in [-0.15, -0.1) is 5.10 Å². The Morgan fingerprint density at radius 2 is 1.83 bits per heavy atom. The van der Waals surface area contributed by atoms with E-state index < -0.39 is 29.6 Å². The molecule has 3 aromatic carbocycles. The van der Waals surface area contributed by atoms with Crippen LogP contribution in [0.5, 0.6) is 0 Å². The quantitative estimate of drug-likeness (QED) is 0.285. The molecule has 0 bridgehead atoms. The average molecular weight is 659 g/mol. The Morgan fingerprint density at radius 3 is 2.53 bits per heavy atom. The van der Waals surface area contributed by atoms with Gasteiger partial charge in [-0.1, -0.05) is 23.7 Å². The fourth-order valence-electron chi connectivity index (χ4n) is 5.81. The number of carboxylic acids is 1. The Labute approximate surface area is 272 Å². The third kappa shape index (κ3) is 6.33. The van der Waals surface area contributed by atoms with Crippen LogP contribution in [0.3, 0.4) is 0 Å². The smallest absolute Gasteiger partial charge is 0.335 e. The van der Waals surface area contributed by atoms with E-state index in [4.69, 9.17) is 11.6 Å². The first-order valence-corrected chi connectivity index (χ1v) is 14.9. The van der Waals surface area contributed by atoms with Crippen LogP contribution in [0.1, 0.15) is 33.1 Å². The van der Waals surface area contributed by atoms with Crippen molar-refractivity contribution in [1.29, 1.82) is 0 Å². The molecule has 1 fully saturated rings. The molecule has 0 spiro atoms. The number of halogens is 2. The summed E-state index contributed by atoms with van der Waals surface area (Å²) >= 11 is 6.05. The molecule has 1 atom stereocenters. The first-order chi connectivity index (χ1) is 22.6. The van der Waals surface area contributed by atoms with Crippen molar-refractivity contribution in [1.82, 2.24) is 30.0 Å². The Bertz CT molecular complexity index is 1900. The number of tetrazole rings is 1. The number of piperazine rings is 1. The second-order valence-electron chi connectivity index (χ2n) is 11.1. The SMILES string of the molecule is CN1CCN(c2cccc3c2CCN(C(=O)/C=C/c2c(-n4cnnn4)ccc(Cl)c2F)[C@H]3C(=O)Nc2ccc(C(=O)O)cc2)C(=O)C1. The maximum absolute atomic E-state index is 15.2. The van der Waals surface area contributed by atoms with E-state index in [-0.39, 0.29) is 40.8 Å². The van der Waals surface area contributed by atoms with E-state index in [0.29, 0.717) is 36.4 Å². The Hall–Kier alpha value is -5.47. The highest BCUT2D eigenvalue weighted by atomic mass is 35.5. The zero-order chi connectivity index (χ0) is 33.2. The van der Waals surface area contributed by atoms with Gasteiger partial charge >= 0.3 is 5.97 Å². The number of nitrogens with zero attached hydrogens (tertiary/aromatic N) is 7. The minimum Gasteiger partial charge on any atom is -0.478 e. The number of fused-ring (bicyclic) bond motifs is 1. The largest absolute Gasteiger partial charge is 0.478 e. The van der Waals surface area contributed by atoms with Gasteiger partial charge < -0.3 is 20.2 Å². The van der Waals surface area contributed by atoms with E-state index in [0.717, 1.165) is 11.6 Å². The monoisotopic (exact) mass is 658 g/mol. The predicted molar refractivity (Wildman–Crippen MR) is 170 cm³/mol. The molecule has 3 heterocycles. The van der Waals surface area contributed by atoms with Gasteiger partial charge in [-0.2, -0.15) is 4.68 Å². The van der Waals surface area contributed by atoms with Crippen molar-refractivity contribution in [2.45, 2.75) is 12.5 Å². The summed E-state index contributed by atoms with van der Waals surface area (Å²) in [7, 11) is 1.87. The van der Waals surface area contributed by atoms with E-state index in [2.05, 4.69) is 20.8 Å². The molecule has 4 aromatic rings. The van der Waals surface area contributed by atoms with Crippen LogP contribution < -0.4 is 10.2 Å². The lowest BCUT2D eigenvalue weighted by molar-refractivity contribution is -0.135. The van der Waals surface area contributed by atoms with Crippen molar-refractivity contribution in [3.63, 3.8) is 0 Å². The number of benzene rings is 3. The number of likely N-dealkylation sites (N-methyl/N-ethyl adjacent to an activating group) is 1. The molecule has 2 N–H and O–H groups in total. The Kier molecular flexibility index (Phi) is 8.78. The van der Waals surface area contributed by atoms with Crippen LogP contribution in [0.4, 0.5) is 15.8 Å². The normalized spacial score (nSPS) is 16.7. The van der Waals surface area contributed by atoms with Crippen LogP contribution in [0, 0.1) is 5.82 Å². The van der Waals surface area contributed by atoms with E-state index in [1.54, 1.807) is 17.0 Å². The summed E-state index contributed by atoms with van der Waals surface area (Å²) in [5, 5.41) is 22.9. The molecule has 0 unspecified atom stereocenters. The van der Waals surface area contributed by atoms with Gasteiger partial charge in [0.2, 0.25) is 11.8 Å². The van der Waals surface area contributed by atoms with Gasteiger partial charge in [0.05, 0.1) is 22.8 Å². The van der Waals surface area contributed by atoms with Crippen LogP contribution >= 0.6 is 11.6 Å². The fourth-order valence-corrected chi connectivity index (χ4v) is 5.98. The molecule has 240 valence electrons. The zero-order valence-electron chi connectivity index (χ0n) is 25.0. The van der Waals surface area contributed by atoms with Crippen LogP contribution in [0.2, 0.25) is 5.02 Å². The van der Waals surface area contributed by atoms with Gasteiger partial charge in [0.25, 0.3) is 5.91 Å². The van der Waals surface area contributed by atoms with Crippen molar-refractivity contribution in [2.75, 3.05) is 43.4 Å². The standard InChI is InChI=1S/C32H28ClFN8O5/c1-39-15-16-40(28(44)17-39)25-4-2-3-22-21(25)13-14-41(30(22)31(45)36-20-7-5-19(6-8-20)32(46)47)27(43)12-9-23-26(42-18-35-37-38-42)11-10-24(33)29(23)34/h2-12,18,30H,13-17H2,1H3,(H,36,45)(H,46,47)/b12-9+/t30-/m1/s1. The van der Waals surface area contributed by atoms with Gasteiger partial charge in [-0.3, -0.25) is 19.3 Å². The summed E-state index contributed by atoms with van der Waals surface area (Å²) in [6.45, 7) is 1.51. The first kappa shape index (κ1) is 31.5. The second kappa shape index (κ2) is 13.1. The highest BCUT2D eigenvalue weighted by Gasteiger charge is 2.38. The third-order valence-corrected chi connectivity index (χ3v) is 8.42. The van der Waals surface area contributed by atoms with Gasteiger partial charge in [0.15, 0.2) is 5.82 Å². The van der Waals surface area contributed by atoms with E-state index in [9.17, 15) is 24.3 Å². The van der Waals surface area contributed by atoms with E-state index >= 15 is 4.39 Å². The molecule has 3 amide bonds. The predicted octanol–water partition coefficient (Wildman–Crippen LogP) is 3.21. The molecule has 1 aromatic heterocycles. The number of carboxylic acid groups (broad SMARTS) is 1. The van der Waals surface area contributed by atoms with E-state index in [1.807, 2.05) is 18.0 Å². The van der Waals surface area contributed by atoms with Crippen LogP contribution in [0.15, 0.2) is 67.0 Å². The highest BCUT2D eigenvalue weighted by molar-refractivity contribution is 6.31. The average Bonchev–Trinajstić information content (AvgIpc) is 3.60. The molecule has 47 heavy (non-hydrogen) atoms. The lowest BCUT2D eigenvalue weighted by Gasteiger charge is -2.39. The Balaban J connectivity index is 1.37. The maximum Gasteiger partial charge on any atom is 0.335 e. The number of nitrogens with one attached hydrogen (secondary N) is 1. The van der Waals surface area contributed by atoms with Crippen molar-refractivity contribution >= 4 is 52.7 Å². The van der Waals surface area contributed by atoms with Crippen LogP contribution in [0.25, 0.3) is 11.8 Å². The summed E-state index contributed by atoms with van der Waals surface area (Å²) in [5.74, 6) is -3.11. The zero-order valence-corrected chi connectivity index (χ0v) is 25.8. The topological polar surface area (TPSA) is 154 Å². The molecule has 2 aliphatic heterocycles. The first-order valence-electron chi connectivity index (χ1n) is 14.6. The molecule has 1 saturated heterocycles. The molecule has 6 rings (SSSR count). The number of aromatic nitrogens is 4. The van der Waals surface area contributed by atoms with Crippen molar-refractivity contribution in [3.8, 4) is 5.69 Å². The van der Waals surface area contributed by atoms with Gasteiger partial charge in [0.1, 0.15) is 12.4 Å². The molecular formula is C32H28ClFN8O5. The second-order valence-corrected chi connectivity index (χ2v) is 11.5. The number of aromatic carboxylic acids is 1. The fraction of sp³-hybridized carbons (Fsp3) is 0.219. The minimum absolute atomic E-state index is 0.0362. The summed E-state index contributed by atoms with van der Waals surface area (Å²) in [6, 6.07) is 12.7. The summed E-state index contributed by atoms with van der Waals surface area (Å²) in [6.07, 6.45) is 4.04. The molecular weight excluding hydrogens is 631 g/mol. The number of rotatable bonds is 7. The number of hydrogen-bond donors (Lipinski definition) is 2. The van der Waals surface area contributed by atoms with Crippen molar-refractivity contribution in [2.24, 2.45) is 0 Å². The lowest BCUT2D eigenvalue weighted by atomic mass is 9.89. The van der Waals surface area contributed by atoms with Gasteiger partial charge in [-0.05, 0) is 83.6 Å². The maximum atomic E-state index is 15.2. The number of hydrogen-bond acceptors (Lipinski definition) is 8. The number of carbonyl (C=O) groups is 4. The van der Waals surface area contributed by atoms with Crippen molar-refractivity contribution < 1.29 is 28.7 Å². The minimum atomic E-state index is -1.14. The molecule has 15 heteroatoms. The molecule has 0 aliphatic carbocycles. The molecule has 13 nitrogen and oxygen atoms in total. The summed E-state index contributed by atoms with van der Waals surface area (Å²) in [5.41, 5.74) is 2.55. The van der Waals surface area contributed by atoms with Gasteiger partial charge in [-0.25, -0.2) is 9.18 Å². The number of amides is 3. The Morgan fingerprint density at radius 1 is 1.04 bits per heavy atom. The van der Waals surface area contributed by atoms with Crippen LogP contribution in [-0.2, 0) is 20.8 Å². The number of anilines is 2. The molecule has 0 saturated carbocycles. The van der Waals surface area contributed by atoms with Crippen molar-refractivity contribution in [3.05, 3.63) is 100 Å². The summed E-state index contributed by atoms with van der Waals surface area (Å²) < 4.78 is 16.5. The highest BCUT2D eigenvalue weighted by Crippen LogP contribution is 2.37. The third-order valence-electron chi connectivity index (χ3n) is 8.13. The number of carbonyl (C=O) groups excluding carboxylic acids is 3. The van der Waals surface area contributed by atoms with Gasteiger partial charge in [0, 0.05) is 42.6 Å². The van der Waals surface area contributed by atoms with Crippen LogP contribution in [-0.4, -0.2) is 92.0 Å². The summed E-state index contributed by atoms with van der Waals surface area (Å²) in [4.78, 5) is 57.2.